The first-order valence-corrected chi connectivity index (χ1v) is 7.32. The van der Waals surface area contributed by atoms with Gasteiger partial charge in [0.2, 0.25) is 5.75 Å². The molecule has 2 rings (SSSR count). The molecule has 0 spiro atoms. The summed E-state index contributed by atoms with van der Waals surface area (Å²) < 4.78 is 5.55. The lowest BCUT2D eigenvalue weighted by Crippen LogP contribution is -2.30. The maximum Gasteiger partial charge on any atom is 0.204 e. The minimum Gasteiger partial charge on any atom is -0.490 e. The molecule has 20 heavy (non-hydrogen) atoms. The summed E-state index contributed by atoms with van der Waals surface area (Å²) in [5, 5.41) is 3.30. The zero-order valence-electron chi connectivity index (χ0n) is 12.7. The molecule has 1 aliphatic heterocycles. The lowest BCUT2D eigenvalue weighted by Gasteiger charge is -2.24. The van der Waals surface area contributed by atoms with Crippen LogP contribution in [0, 0.1) is 0 Å². The van der Waals surface area contributed by atoms with Gasteiger partial charge in [0, 0.05) is 26.2 Å². The van der Waals surface area contributed by atoms with Gasteiger partial charge in [-0.2, -0.15) is 0 Å². The summed E-state index contributed by atoms with van der Waals surface area (Å²) >= 11 is 0. The van der Waals surface area contributed by atoms with Crippen LogP contribution in [0.4, 0.5) is 11.6 Å². The maximum absolute atomic E-state index is 5.55. The van der Waals surface area contributed by atoms with Crippen molar-refractivity contribution in [1.29, 1.82) is 0 Å². The maximum atomic E-state index is 5.55. The number of nitrogens with zero attached hydrogens (tertiary/aromatic N) is 4. The van der Waals surface area contributed by atoms with E-state index in [1.165, 1.54) is 0 Å². The Labute approximate surface area is 121 Å². The van der Waals surface area contributed by atoms with Gasteiger partial charge in [0.15, 0.2) is 11.6 Å². The third kappa shape index (κ3) is 3.50. The number of ether oxygens (including phenoxy) is 1. The molecular formula is C14H25N5O. The first-order chi connectivity index (χ1) is 9.76. The van der Waals surface area contributed by atoms with Crippen LogP contribution < -0.4 is 15.0 Å². The Morgan fingerprint density at radius 2 is 2.10 bits per heavy atom. The molecule has 1 saturated heterocycles. The fourth-order valence-electron chi connectivity index (χ4n) is 2.41. The second-order valence-electron chi connectivity index (χ2n) is 5.15. The van der Waals surface area contributed by atoms with Crippen LogP contribution in [0.3, 0.4) is 0 Å². The van der Waals surface area contributed by atoms with Gasteiger partial charge in [-0.15, -0.1) is 0 Å². The van der Waals surface area contributed by atoms with Crippen molar-refractivity contribution in [2.75, 3.05) is 57.1 Å². The van der Waals surface area contributed by atoms with Crippen LogP contribution in [0.1, 0.15) is 19.8 Å². The van der Waals surface area contributed by atoms with Crippen molar-refractivity contribution in [2.45, 2.75) is 19.8 Å². The highest BCUT2D eigenvalue weighted by Gasteiger charge is 2.20. The van der Waals surface area contributed by atoms with Crippen molar-refractivity contribution in [2.24, 2.45) is 0 Å². The van der Waals surface area contributed by atoms with E-state index >= 15 is 0 Å². The molecule has 1 aromatic rings. The molecule has 112 valence electrons. The number of nitrogens with one attached hydrogen (secondary N) is 1. The van der Waals surface area contributed by atoms with Gasteiger partial charge in [-0.25, -0.2) is 9.97 Å². The Kier molecular flexibility index (Phi) is 5.40. The van der Waals surface area contributed by atoms with Crippen LogP contribution in [0.25, 0.3) is 0 Å². The molecule has 1 N–H and O–H groups in total. The highest BCUT2D eigenvalue weighted by molar-refractivity contribution is 5.64. The second-order valence-corrected chi connectivity index (χ2v) is 5.15. The monoisotopic (exact) mass is 279 g/mol. The van der Waals surface area contributed by atoms with Crippen molar-refractivity contribution < 1.29 is 4.74 Å². The number of methoxy groups -OCH3 is 1. The van der Waals surface area contributed by atoms with Crippen LogP contribution in [0.5, 0.6) is 5.75 Å². The van der Waals surface area contributed by atoms with Crippen molar-refractivity contribution in [1.82, 2.24) is 14.9 Å². The zero-order chi connectivity index (χ0) is 14.4. The molecule has 6 heteroatoms. The SMILES string of the molecule is CCCNc1ncnc(N2CCCN(C)CC2)c1OC. The van der Waals surface area contributed by atoms with Crippen molar-refractivity contribution in [3.05, 3.63) is 6.33 Å². The first kappa shape index (κ1) is 14.8. The molecule has 1 fully saturated rings. The third-order valence-electron chi connectivity index (χ3n) is 3.55. The van der Waals surface area contributed by atoms with Gasteiger partial charge in [-0.1, -0.05) is 6.92 Å². The van der Waals surface area contributed by atoms with Crippen LogP contribution in [0.2, 0.25) is 0 Å². The molecule has 0 radical (unpaired) electrons. The highest BCUT2D eigenvalue weighted by atomic mass is 16.5. The Bertz CT molecular complexity index is 426. The molecule has 0 amide bonds. The topological polar surface area (TPSA) is 53.5 Å². The molecule has 1 aromatic heterocycles. The number of anilines is 2. The smallest absolute Gasteiger partial charge is 0.204 e. The summed E-state index contributed by atoms with van der Waals surface area (Å²) in [6.07, 6.45) is 3.81. The average Bonchev–Trinajstić information content (AvgIpc) is 2.69. The summed E-state index contributed by atoms with van der Waals surface area (Å²) in [6.45, 7) is 7.17. The largest absolute Gasteiger partial charge is 0.490 e. The standard InChI is InChI=1S/C14H25N5O/c1-4-6-15-13-12(20-3)14(17-11-16-13)19-8-5-7-18(2)9-10-19/h11H,4-10H2,1-3H3,(H,15,16,17). The Balaban J connectivity index is 2.21. The van der Waals surface area contributed by atoms with Crippen molar-refractivity contribution in [3.63, 3.8) is 0 Å². The van der Waals surface area contributed by atoms with Gasteiger partial charge in [0.05, 0.1) is 7.11 Å². The molecule has 1 aliphatic rings. The zero-order valence-corrected chi connectivity index (χ0v) is 12.7. The van der Waals surface area contributed by atoms with E-state index in [-0.39, 0.29) is 0 Å². The predicted octanol–water partition coefficient (Wildman–Crippen LogP) is 1.45. The van der Waals surface area contributed by atoms with Gasteiger partial charge in [0.25, 0.3) is 0 Å². The van der Waals surface area contributed by atoms with E-state index in [9.17, 15) is 0 Å². The summed E-state index contributed by atoms with van der Waals surface area (Å²) in [5.41, 5.74) is 0. The van der Waals surface area contributed by atoms with Gasteiger partial charge >= 0.3 is 0 Å². The van der Waals surface area contributed by atoms with Crippen molar-refractivity contribution in [3.8, 4) is 5.75 Å². The molecule has 0 saturated carbocycles. The van der Waals surface area contributed by atoms with Crippen molar-refractivity contribution >= 4 is 11.6 Å². The molecule has 0 atom stereocenters. The van der Waals surface area contributed by atoms with Crippen LogP contribution in [0.15, 0.2) is 6.33 Å². The lowest BCUT2D eigenvalue weighted by atomic mass is 10.3. The Morgan fingerprint density at radius 1 is 1.25 bits per heavy atom. The summed E-state index contributed by atoms with van der Waals surface area (Å²) in [4.78, 5) is 13.4. The third-order valence-corrected chi connectivity index (χ3v) is 3.55. The average molecular weight is 279 g/mol. The quantitative estimate of drug-likeness (QED) is 0.880. The summed E-state index contributed by atoms with van der Waals surface area (Å²) in [7, 11) is 3.85. The van der Waals surface area contributed by atoms with E-state index in [4.69, 9.17) is 4.74 Å². The molecule has 0 aliphatic carbocycles. The van der Waals surface area contributed by atoms with Gasteiger partial charge in [0.1, 0.15) is 6.33 Å². The molecule has 2 heterocycles. The number of likely N-dealkylation sites (N-methyl/N-ethyl adjacent to an activating group) is 1. The fraction of sp³-hybridized carbons (Fsp3) is 0.714. The Hall–Kier alpha value is -1.56. The number of aromatic nitrogens is 2. The number of rotatable bonds is 5. The van der Waals surface area contributed by atoms with E-state index in [0.29, 0.717) is 0 Å². The molecule has 0 bridgehead atoms. The number of hydrogen-bond donors (Lipinski definition) is 1. The molecular weight excluding hydrogens is 254 g/mol. The van der Waals surface area contributed by atoms with E-state index in [0.717, 1.165) is 63.0 Å². The fourth-order valence-corrected chi connectivity index (χ4v) is 2.41. The normalized spacial score (nSPS) is 16.9. The summed E-state index contributed by atoms with van der Waals surface area (Å²) in [6, 6.07) is 0. The van der Waals surface area contributed by atoms with E-state index in [1.54, 1.807) is 13.4 Å². The van der Waals surface area contributed by atoms with E-state index in [1.807, 2.05) is 0 Å². The van der Waals surface area contributed by atoms with Crippen LogP contribution in [-0.2, 0) is 0 Å². The first-order valence-electron chi connectivity index (χ1n) is 7.32. The summed E-state index contributed by atoms with van der Waals surface area (Å²) in [5.74, 6) is 2.44. The molecule has 0 unspecified atom stereocenters. The second kappa shape index (κ2) is 7.28. The predicted molar refractivity (Wildman–Crippen MR) is 81.7 cm³/mol. The Morgan fingerprint density at radius 3 is 2.85 bits per heavy atom. The van der Waals surface area contributed by atoms with Gasteiger partial charge in [-0.3, -0.25) is 0 Å². The van der Waals surface area contributed by atoms with E-state index in [2.05, 4.69) is 39.1 Å². The van der Waals surface area contributed by atoms with Gasteiger partial charge < -0.3 is 19.9 Å². The van der Waals surface area contributed by atoms with E-state index < -0.39 is 0 Å². The highest BCUT2D eigenvalue weighted by Crippen LogP contribution is 2.32. The lowest BCUT2D eigenvalue weighted by molar-refractivity contribution is 0.359. The van der Waals surface area contributed by atoms with Crippen LogP contribution in [-0.4, -0.2) is 61.7 Å². The molecule has 0 aromatic carbocycles. The van der Waals surface area contributed by atoms with Crippen LogP contribution >= 0.6 is 0 Å². The van der Waals surface area contributed by atoms with Gasteiger partial charge in [-0.05, 0) is 26.4 Å². The minimum absolute atomic E-state index is 0.755. The number of hydrogen-bond acceptors (Lipinski definition) is 6. The minimum atomic E-state index is 0.755. The molecule has 6 nitrogen and oxygen atoms in total.